The Morgan fingerprint density at radius 2 is 1.66 bits per heavy atom. The van der Waals surface area contributed by atoms with Crippen molar-refractivity contribution in [3.63, 3.8) is 0 Å². The van der Waals surface area contributed by atoms with E-state index in [0.717, 1.165) is 43.8 Å². The molecule has 7 nitrogen and oxygen atoms in total. The smallest absolute Gasteiger partial charge is 0.300 e. The van der Waals surface area contributed by atoms with Crippen LogP contribution in [0.1, 0.15) is 26.3 Å². The first kappa shape index (κ1) is 28.5. The molecule has 1 aliphatic rings. The maximum absolute atomic E-state index is 10.9. The Kier molecular flexibility index (Phi) is 6.40. The van der Waals surface area contributed by atoms with E-state index >= 15 is 0 Å². The second-order valence-electron chi connectivity index (χ2n) is 12.8. The molecule has 222 valence electrons. The van der Waals surface area contributed by atoms with E-state index in [1.165, 1.54) is 10.8 Å². The second-order valence-corrected chi connectivity index (χ2v) is 17.1. The Bertz CT molecular complexity index is 2260. The molecule has 0 amide bonds. The molecule has 0 fully saturated rings. The largest absolute Gasteiger partial charge is 0.480 e. The van der Waals surface area contributed by atoms with Gasteiger partial charge in [0.2, 0.25) is 5.88 Å². The number of nitrogens with zero attached hydrogens (tertiary/aromatic N) is 5. The fraction of sp³-hybridized carbons (Fsp3) is 0.171. The van der Waals surface area contributed by atoms with Gasteiger partial charge in [0, 0.05) is 44.6 Å². The fourth-order valence-electron chi connectivity index (χ4n) is 6.40. The van der Waals surface area contributed by atoms with Crippen molar-refractivity contribution in [1.29, 1.82) is 0 Å². The summed E-state index contributed by atoms with van der Waals surface area (Å²) in [5, 5.41) is 15.4. The van der Waals surface area contributed by atoms with Gasteiger partial charge in [-0.25, -0.2) is 9.55 Å². The van der Waals surface area contributed by atoms with E-state index in [-0.39, 0.29) is 32.5 Å². The van der Waals surface area contributed by atoms with E-state index in [2.05, 4.69) is 98.0 Å². The van der Waals surface area contributed by atoms with Crippen LogP contribution in [0.4, 0.5) is 0 Å². The molecular formula is C35H30N5O2PtSi-. The van der Waals surface area contributed by atoms with E-state index in [9.17, 15) is 5.11 Å². The molecule has 1 N–H and O–H groups in total. The summed E-state index contributed by atoms with van der Waals surface area (Å²) in [5.74, 6) is 2.48. The van der Waals surface area contributed by atoms with Gasteiger partial charge in [-0.15, -0.1) is 17.5 Å². The topological polar surface area (TPSA) is 78.0 Å². The first-order valence-electron chi connectivity index (χ1n) is 14.4. The van der Waals surface area contributed by atoms with Crippen LogP contribution in [0.5, 0.6) is 17.6 Å². The SMILES string of the molecule is CC(C)(C)c1ccnc(-n2c3[c-]c(Oc4ccc5c(n4)-n4c(O)nc6cccc(c64)[Si]5(C)C)ccc3c3ccccc32)c1.[Pt]. The number of fused-ring (bicyclic) bond motifs is 5. The fourth-order valence-corrected chi connectivity index (χ4v) is 9.26. The van der Waals surface area contributed by atoms with Crippen LogP contribution in [0.2, 0.25) is 13.1 Å². The normalized spacial score (nSPS) is 13.7. The van der Waals surface area contributed by atoms with Crippen LogP contribution in [0, 0.1) is 6.07 Å². The van der Waals surface area contributed by atoms with E-state index in [0.29, 0.717) is 17.4 Å². The number of ether oxygens (including phenoxy) is 1. The third-order valence-electron chi connectivity index (χ3n) is 8.68. The van der Waals surface area contributed by atoms with Crippen LogP contribution in [0.3, 0.4) is 0 Å². The summed E-state index contributed by atoms with van der Waals surface area (Å²) in [4.78, 5) is 14.1. The van der Waals surface area contributed by atoms with Crippen molar-refractivity contribution in [2.45, 2.75) is 39.3 Å². The molecule has 44 heavy (non-hydrogen) atoms. The van der Waals surface area contributed by atoms with Gasteiger partial charge in [0.05, 0.1) is 11.0 Å². The molecule has 0 atom stereocenters. The van der Waals surface area contributed by atoms with Gasteiger partial charge in [0.1, 0.15) is 19.7 Å². The van der Waals surface area contributed by atoms with E-state index < -0.39 is 8.07 Å². The molecule has 4 aromatic heterocycles. The predicted molar refractivity (Wildman–Crippen MR) is 173 cm³/mol. The minimum absolute atomic E-state index is 0. The first-order valence-corrected chi connectivity index (χ1v) is 17.4. The van der Waals surface area contributed by atoms with Crippen molar-refractivity contribution < 1.29 is 30.9 Å². The number of aromatic nitrogens is 5. The average molecular weight is 776 g/mol. The van der Waals surface area contributed by atoms with Crippen LogP contribution in [-0.4, -0.2) is 37.3 Å². The van der Waals surface area contributed by atoms with Gasteiger partial charge in [0.25, 0.3) is 0 Å². The molecule has 0 spiro atoms. The van der Waals surface area contributed by atoms with Crippen LogP contribution in [0.15, 0.2) is 85.1 Å². The summed E-state index contributed by atoms with van der Waals surface area (Å²) in [5.41, 5.74) is 4.83. The molecule has 8 rings (SSSR count). The van der Waals surface area contributed by atoms with Gasteiger partial charge < -0.3 is 14.4 Å². The maximum atomic E-state index is 10.9. The monoisotopic (exact) mass is 775 g/mol. The number of para-hydroxylation sites is 2. The minimum atomic E-state index is -2.09. The minimum Gasteiger partial charge on any atom is -0.480 e. The average Bonchev–Trinajstić information content (AvgIpc) is 3.49. The third-order valence-corrected chi connectivity index (χ3v) is 12.2. The molecule has 0 saturated heterocycles. The van der Waals surface area contributed by atoms with Gasteiger partial charge in [-0.05, 0) is 51.0 Å². The molecule has 3 aromatic carbocycles. The number of benzene rings is 3. The van der Waals surface area contributed by atoms with Gasteiger partial charge in [-0.1, -0.05) is 75.8 Å². The first-order chi connectivity index (χ1) is 20.6. The van der Waals surface area contributed by atoms with Crippen LogP contribution < -0.4 is 15.1 Å². The number of pyridine rings is 2. The summed E-state index contributed by atoms with van der Waals surface area (Å²) in [6.45, 7) is 11.2. The molecule has 1 aliphatic heterocycles. The summed E-state index contributed by atoms with van der Waals surface area (Å²) in [6, 6.07) is 30.1. The Morgan fingerprint density at radius 1 is 0.841 bits per heavy atom. The van der Waals surface area contributed by atoms with Gasteiger partial charge in [-0.3, -0.25) is 0 Å². The summed E-state index contributed by atoms with van der Waals surface area (Å²) >= 11 is 0. The Morgan fingerprint density at radius 3 is 2.48 bits per heavy atom. The standard InChI is InChI=1S/C35H30N5O2Si.Pt/c1-35(2,3)21-17-18-36-30(19-21)39-26-11-7-6-9-23(26)24-14-13-22(20-27(24)39)42-31-16-15-29-33(38-31)40-32-25(37-34(40)41)10-8-12-28(32)43(29,4)5;/h6-19H,1-5H3,(H,37,41);/q-1;. The molecule has 7 aromatic rings. The number of imidazole rings is 1. The van der Waals surface area contributed by atoms with E-state index in [1.807, 2.05) is 36.5 Å². The van der Waals surface area contributed by atoms with Crippen molar-refractivity contribution in [1.82, 2.24) is 24.1 Å². The molecule has 0 bridgehead atoms. The van der Waals surface area contributed by atoms with Gasteiger partial charge in [-0.2, -0.15) is 16.0 Å². The molecule has 0 unspecified atom stereocenters. The van der Waals surface area contributed by atoms with E-state index in [4.69, 9.17) is 14.7 Å². The quantitative estimate of drug-likeness (QED) is 0.161. The maximum Gasteiger partial charge on any atom is 0.300 e. The predicted octanol–water partition coefficient (Wildman–Crippen LogP) is 6.64. The molecule has 5 heterocycles. The van der Waals surface area contributed by atoms with E-state index in [1.54, 1.807) is 4.57 Å². The summed E-state index contributed by atoms with van der Waals surface area (Å²) < 4.78 is 10.3. The summed E-state index contributed by atoms with van der Waals surface area (Å²) in [6.07, 6.45) is 1.87. The zero-order valence-corrected chi connectivity index (χ0v) is 28.3. The Hall–Kier alpha value is -4.26. The zero-order valence-electron chi connectivity index (χ0n) is 25.0. The third kappa shape index (κ3) is 4.15. The number of rotatable bonds is 3. The second kappa shape index (κ2) is 9.88. The molecular weight excluding hydrogens is 746 g/mol. The van der Waals surface area contributed by atoms with Crippen LogP contribution in [0.25, 0.3) is 44.5 Å². The van der Waals surface area contributed by atoms with Gasteiger partial charge >= 0.3 is 6.01 Å². The number of aromatic hydroxyl groups is 1. The van der Waals surface area contributed by atoms with Gasteiger partial charge in [0.15, 0.2) is 0 Å². The molecule has 0 saturated carbocycles. The molecule has 0 radical (unpaired) electrons. The number of hydrogen-bond acceptors (Lipinski definition) is 5. The zero-order chi connectivity index (χ0) is 29.7. The Labute approximate surface area is 270 Å². The van der Waals surface area contributed by atoms with Crippen LogP contribution in [-0.2, 0) is 26.5 Å². The van der Waals surface area contributed by atoms with Crippen molar-refractivity contribution in [3.05, 3.63) is 96.7 Å². The van der Waals surface area contributed by atoms with Crippen molar-refractivity contribution in [2.75, 3.05) is 0 Å². The molecule has 9 heteroatoms. The molecule has 0 aliphatic carbocycles. The van der Waals surface area contributed by atoms with Crippen molar-refractivity contribution in [2.24, 2.45) is 0 Å². The number of hydrogen-bond donors (Lipinski definition) is 1. The Balaban J connectivity index is 0.00000312. The van der Waals surface area contributed by atoms with Crippen molar-refractivity contribution >= 4 is 51.3 Å². The van der Waals surface area contributed by atoms with Crippen LogP contribution >= 0.6 is 0 Å². The van der Waals surface area contributed by atoms with Crippen molar-refractivity contribution in [3.8, 4) is 29.3 Å². The summed E-state index contributed by atoms with van der Waals surface area (Å²) in [7, 11) is -2.09.